The van der Waals surface area contributed by atoms with E-state index in [0.29, 0.717) is 32.3 Å². The molecule has 35 heavy (non-hydrogen) atoms. The number of hydrogen-bond acceptors (Lipinski definition) is 6. The highest BCUT2D eigenvalue weighted by atomic mass is 35.5. The number of halogens is 1. The lowest BCUT2D eigenvalue weighted by atomic mass is 10.1. The molecule has 1 aliphatic heterocycles. The number of rotatable bonds is 7. The van der Waals surface area contributed by atoms with Gasteiger partial charge in [0.2, 0.25) is 0 Å². The van der Waals surface area contributed by atoms with Crippen LogP contribution in [0.1, 0.15) is 27.0 Å². The molecule has 0 aliphatic carbocycles. The molecule has 4 rings (SSSR count). The van der Waals surface area contributed by atoms with Crippen molar-refractivity contribution in [3.05, 3.63) is 92.8 Å². The molecule has 0 bridgehead atoms. The molecule has 0 atom stereocenters. The van der Waals surface area contributed by atoms with Gasteiger partial charge in [-0.15, -0.1) is 0 Å². The number of thioether (sulfide) groups is 1. The van der Waals surface area contributed by atoms with Gasteiger partial charge in [0.25, 0.3) is 5.91 Å². The smallest absolute Gasteiger partial charge is 0.335 e. The second kappa shape index (κ2) is 10.7. The molecule has 1 aliphatic rings. The van der Waals surface area contributed by atoms with E-state index in [4.69, 9.17) is 21.1 Å². The van der Waals surface area contributed by atoms with Crippen LogP contribution in [0.5, 0.6) is 11.5 Å². The number of nitrogens with zero attached hydrogens (tertiary/aromatic N) is 1. The first-order valence-corrected chi connectivity index (χ1v) is 11.7. The highest BCUT2D eigenvalue weighted by molar-refractivity contribution is 8.18. The average molecular weight is 509 g/mol. The molecular formula is C26H21ClN2O5S. The number of amides is 1. The zero-order valence-electron chi connectivity index (χ0n) is 18.9. The minimum absolute atomic E-state index is 0.129. The van der Waals surface area contributed by atoms with Crippen LogP contribution >= 0.6 is 23.4 Å². The van der Waals surface area contributed by atoms with Gasteiger partial charge >= 0.3 is 5.97 Å². The summed E-state index contributed by atoms with van der Waals surface area (Å²) in [4.78, 5) is 28.7. The van der Waals surface area contributed by atoms with Gasteiger partial charge in [0, 0.05) is 10.6 Å². The maximum Gasteiger partial charge on any atom is 0.335 e. The number of ether oxygens (including phenoxy) is 2. The Morgan fingerprint density at radius 3 is 2.69 bits per heavy atom. The van der Waals surface area contributed by atoms with Crippen molar-refractivity contribution in [2.45, 2.75) is 13.5 Å². The Bertz CT molecular complexity index is 1370. The van der Waals surface area contributed by atoms with E-state index in [1.54, 1.807) is 37.5 Å². The van der Waals surface area contributed by atoms with Gasteiger partial charge < -0.3 is 19.9 Å². The number of nitrogens with one attached hydrogen (secondary N) is 1. The zero-order valence-corrected chi connectivity index (χ0v) is 20.4. The maximum absolute atomic E-state index is 12.5. The predicted molar refractivity (Wildman–Crippen MR) is 138 cm³/mol. The second-order valence-electron chi connectivity index (χ2n) is 7.58. The summed E-state index contributed by atoms with van der Waals surface area (Å²) in [5, 5.41) is 12.9. The summed E-state index contributed by atoms with van der Waals surface area (Å²) in [6.45, 7) is 2.11. The second-order valence-corrected chi connectivity index (χ2v) is 9.02. The molecule has 9 heteroatoms. The lowest BCUT2D eigenvalue weighted by Crippen LogP contribution is -2.19. The van der Waals surface area contributed by atoms with Crippen LogP contribution in [0.2, 0.25) is 5.02 Å². The van der Waals surface area contributed by atoms with Gasteiger partial charge in [-0.3, -0.25) is 4.79 Å². The van der Waals surface area contributed by atoms with E-state index in [2.05, 4.69) is 10.3 Å². The molecule has 3 aromatic rings. The van der Waals surface area contributed by atoms with E-state index in [1.165, 1.54) is 23.9 Å². The molecule has 1 amide bonds. The van der Waals surface area contributed by atoms with Crippen molar-refractivity contribution >= 4 is 52.2 Å². The maximum atomic E-state index is 12.5. The normalized spacial score (nSPS) is 15.3. The number of aromatic carboxylic acids is 1. The summed E-state index contributed by atoms with van der Waals surface area (Å²) in [6.07, 6.45) is 1.73. The van der Waals surface area contributed by atoms with E-state index < -0.39 is 5.97 Å². The van der Waals surface area contributed by atoms with Crippen molar-refractivity contribution in [3.8, 4) is 11.5 Å². The van der Waals surface area contributed by atoms with Crippen LogP contribution in [0.3, 0.4) is 0 Å². The monoisotopic (exact) mass is 508 g/mol. The Morgan fingerprint density at radius 2 is 1.94 bits per heavy atom. The molecule has 0 unspecified atom stereocenters. The van der Waals surface area contributed by atoms with Crippen molar-refractivity contribution in [1.29, 1.82) is 0 Å². The minimum Gasteiger partial charge on any atom is -0.493 e. The summed E-state index contributed by atoms with van der Waals surface area (Å²) < 4.78 is 11.4. The summed E-state index contributed by atoms with van der Waals surface area (Å²) in [5.74, 6) is -0.263. The molecule has 7 nitrogen and oxygen atoms in total. The van der Waals surface area contributed by atoms with Gasteiger partial charge in [-0.25, -0.2) is 9.79 Å². The van der Waals surface area contributed by atoms with Crippen LogP contribution < -0.4 is 14.8 Å². The highest BCUT2D eigenvalue weighted by Crippen LogP contribution is 2.33. The van der Waals surface area contributed by atoms with Gasteiger partial charge in [0.05, 0.1) is 23.3 Å². The number of carbonyl (C=O) groups excluding carboxylic acids is 1. The molecule has 1 fully saturated rings. The molecule has 2 N–H and O–H groups in total. The minimum atomic E-state index is -1.04. The molecule has 0 radical (unpaired) electrons. The molecule has 0 spiro atoms. The number of amidine groups is 1. The number of methoxy groups -OCH3 is 1. The summed E-state index contributed by atoms with van der Waals surface area (Å²) in [6, 6.07) is 17.5. The first kappa shape index (κ1) is 24.4. The van der Waals surface area contributed by atoms with Crippen molar-refractivity contribution in [2.75, 3.05) is 7.11 Å². The first-order chi connectivity index (χ1) is 16.8. The van der Waals surface area contributed by atoms with Crippen LogP contribution in [0, 0.1) is 6.92 Å². The Morgan fingerprint density at radius 1 is 1.14 bits per heavy atom. The molecular weight excluding hydrogens is 488 g/mol. The summed E-state index contributed by atoms with van der Waals surface area (Å²) >= 11 is 7.37. The highest BCUT2D eigenvalue weighted by Gasteiger charge is 2.24. The number of carbonyl (C=O) groups is 2. The molecule has 0 aromatic heterocycles. The van der Waals surface area contributed by atoms with Crippen LogP contribution in [0.4, 0.5) is 5.69 Å². The summed E-state index contributed by atoms with van der Waals surface area (Å²) in [5.41, 5.74) is 3.01. The van der Waals surface area contributed by atoms with Gasteiger partial charge in [-0.2, -0.15) is 0 Å². The molecule has 0 saturated carbocycles. The number of aryl methyl sites for hydroxylation is 1. The van der Waals surface area contributed by atoms with Crippen LogP contribution in [-0.2, 0) is 11.4 Å². The Balaban J connectivity index is 1.52. The quantitative estimate of drug-likeness (QED) is 0.390. The van der Waals surface area contributed by atoms with Crippen LogP contribution in [0.25, 0.3) is 6.08 Å². The third-order valence-electron chi connectivity index (χ3n) is 5.16. The first-order valence-electron chi connectivity index (χ1n) is 10.5. The lowest BCUT2D eigenvalue weighted by molar-refractivity contribution is -0.115. The van der Waals surface area contributed by atoms with Crippen LogP contribution in [-0.4, -0.2) is 29.3 Å². The summed E-state index contributed by atoms with van der Waals surface area (Å²) in [7, 11) is 1.55. The SMILES string of the molecule is COc1cc(/C=C2\SC(=Nc3cc(C(=O)O)ccc3C)NC2=O)ccc1OCc1ccccc1Cl. The Labute approximate surface area is 211 Å². The fourth-order valence-electron chi connectivity index (χ4n) is 3.27. The number of aliphatic imine (C=N–C) groups is 1. The van der Waals surface area contributed by atoms with Gasteiger partial charge in [0.1, 0.15) is 6.61 Å². The molecule has 1 heterocycles. The van der Waals surface area contributed by atoms with E-state index in [9.17, 15) is 14.7 Å². The lowest BCUT2D eigenvalue weighted by Gasteiger charge is -2.12. The zero-order chi connectivity index (χ0) is 24.9. The predicted octanol–water partition coefficient (Wildman–Crippen LogP) is 5.83. The van der Waals surface area contributed by atoms with E-state index in [0.717, 1.165) is 16.7 Å². The standard InChI is InChI=1S/C26H21ClN2O5S/c1-15-7-9-17(25(31)32)13-20(15)28-26-29-24(30)23(35-26)12-16-8-10-21(22(11-16)33-2)34-14-18-5-3-4-6-19(18)27/h3-13H,14H2,1-2H3,(H,31,32)(H,28,29,30)/b23-12-. The van der Waals surface area contributed by atoms with Crippen molar-refractivity contribution in [2.24, 2.45) is 4.99 Å². The van der Waals surface area contributed by atoms with Crippen molar-refractivity contribution in [1.82, 2.24) is 5.32 Å². The van der Waals surface area contributed by atoms with Crippen LogP contribution in [0.15, 0.2) is 70.6 Å². The third kappa shape index (κ3) is 5.85. The van der Waals surface area contributed by atoms with Crippen molar-refractivity contribution < 1.29 is 24.2 Å². The number of carboxylic acid groups (broad SMARTS) is 1. The number of hydrogen-bond donors (Lipinski definition) is 2. The van der Waals surface area contributed by atoms with Gasteiger partial charge in [-0.1, -0.05) is 41.9 Å². The topological polar surface area (TPSA) is 97.2 Å². The van der Waals surface area contributed by atoms with Gasteiger partial charge in [-0.05, 0) is 66.2 Å². The average Bonchev–Trinajstić information content (AvgIpc) is 3.18. The fourth-order valence-corrected chi connectivity index (χ4v) is 4.29. The Hall–Kier alpha value is -3.75. The van der Waals surface area contributed by atoms with E-state index in [1.807, 2.05) is 31.2 Å². The largest absolute Gasteiger partial charge is 0.493 e. The molecule has 178 valence electrons. The third-order valence-corrected chi connectivity index (χ3v) is 6.43. The number of benzene rings is 3. The van der Waals surface area contributed by atoms with Crippen molar-refractivity contribution in [3.63, 3.8) is 0 Å². The number of carboxylic acids is 1. The Kier molecular flexibility index (Phi) is 7.43. The van der Waals surface area contributed by atoms with E-state index in [-0.39, 0.29) is 18.1 Å². The van der Waals surface area contributed by atoms with Gasteiger partial charge in [0.15, 0.2) is 16.7 Å². The van der Waals surface area contributed by atoms with E-state index >= 15 is 0 Å². The molecule has 1 saturated heterocycles. The fraction of sp³-hybridized carbons (Fsp3) is 0.115. The molecule has 3 aromatic carbocycles.